The molecule has 0 amide bonds. The summed E-state index contributed by atoms with van der Waals surface area (Å²) in [5.41, 5.74) is 1.67. The summed E-state index contributed by atoms with van der Waals surface area (Å²) in [7, 11) is 0. The predicted molar refractivity (Wildman–Crippen MR) is 75.1 cm³/mol. The van der Waals surface area contributed by atoms with E-state index in [-0.39, 0.29) is 6.61 Å². The van der Waals surface area contributed by atoms with Gasteiger partial charge in [0.2, 0.25) is 0 Å². The van der Waals surface area contributed by atoms with E-state index in [1.54, 1.807) is 11.3 Å². The molecule has 1 aliphatic heterocycles. The molecule has 1 spiro atoms. The van der Waals surface area contributed by atoms with Crippen molar-refractivity contribution >= 4 is 16.5 Å². The average molecular weight is 266 g/mol. The first-order valence-electron chi connectivity index (χ1n) is 7.05. The summed E-state index contributed by atoms with van der Waals surface area (Å²) in [6.07, 6.45) is 8.43. The minimum Gasteiger partial charge on any atom is -0.391 e. The van der Waals surface area contributed by atoms with Gasteiger partial charge in [-0.25, -0.2) is 4.98 Å². The summed E-state index contributed by atoms with van der Waals surface area (Å²) in [6, 6.07) is 0. The Hall–Kier alpha value is -0.610. The van der Waals surface area contributed by atoms with E-state index in [2.05, 4.69) is 9.88 Å². The molecule has 0 atom stereocenters. The van der Waals surface area contributed by atoms with Gasteiger partial charge in [-0.3, -0.25) is 0 Å². The highest BCUT2D eigenvalue weighted by molar-refractivity contribution is 7.15. The third-order valence-corrected chi connectivity index (χ3v) is 5.99. The quantitative estimate of drug-likeness (QED) is 0.893. The summed E-state index contributed by atoms with van der Waals surface area (Å²) < 4.78 is 0. The lowest BCUT2D eigenvalue weighted by Crippen LogP contribution is -2.38. The van der Waals surface area contributed by atoms with Crippen LogP contribution in [-0.4, -0.2) is 23.2 Å². The molecule has 3 nitrogen and oxygen atoms in total. The minimum atomic E-state index is 0.126. The summed E-state index contributed by atoms with van der Waals surface area (Å²) >= 11 is 1.66. The van der Waals surface area contributed by atoms with Crippen molar-refractivity contribution in [2.75, 3.05) is 18.0 Å². The monoisotopic (exact) mass is 266 g/mol. The predicted octanol–water partition coefficient (Wildman–Crippen LogP) is 3.10. The lowest BCUT2D eigenvalue weighted by Gasteiger charge is -2.39. The Morgan fingerprint density at radius 2 is 1.89 bits per heavy atom. The Kier molecular flexibility index (Phi) is 3.32. The first-order chi connectivity index (χ1) is 8.72. The summed E-state index contributed by atoms with van der Waals surface area (Å²) in [4.78, 5) is 8.04. The van der Waals surface area contributed by atoms with Gasteiger partial charge in [-0.05, 0) is 38.0 Å². The molecule has 100 valence electrons. The molecule has 2 fully saturated rings. The van der Waals surface area contributed by atoms with Crippen molar-refractivity contribution in [3.8, 4) is 0 Å². The van der Waals surface area contributed by atoms with Gasteiger partial charge >= 0.3 is 0 Å². The molecule has 1 aromatic rings. The highest BCUT2D eigenvalue weighted by Crippen LogP contribution is 2.47. The van der Waals surface area contributed by atoms with Crippen molar-refractivity contribution in [3.05, 3.63) is 10.6 Å². The number of aryl methyl sites for hydroxylation is 1. The van der Waals surface area contributed by atoms with E-state index in [0.717, 1.165) is 28.8 Å². The van der Waals surface area contributed by atoms with Crippen LogP contribution in [0.1, 0.15) is 49.1 Å². The number of hydrogen-bond acceptors (Lipinski definition) is 4. The van der Waals surface area contributed by atoms with Gasteiger partial charge in [0.05, 0.1) is 17.2 Å². The van der Waals surface area contributed by atoms with Gasteiger partial charge in [-0.1, -0.05) is 24.2 Å². The number of rotatable bonds is 2. The molecule has 2 heterocycles. The van der Waals surface area contributed by atoms with Crippen molar-refractivity contribution in [1.29, 1.82) is 0 Å². The number of thiazole rings is 1. The zero-order valence-corrected chi connectivity index (χ0v) is 11.9. The number of nitrogens with zero attached hydrogens (tertiary/aromatic N) is 2. The largest absolute Gasteiger partial charge is 0.391 e. The van der Waals surface area contributed by atoms with Crippen LogP contribution in [0.15, 0.2) is 0 Å². The van der Waals surface area contributed by atoms with Crippen molar-refractivity contribution in [1.82, 2.24) is 4.98 Å². The number of aromatic nitrogens is 1. The van der Waals surface area contributed by atoms with Gasteiger partial charge in [-0.2, -0.15) is 0 Å². The Morgan fingerprint density at radius 3 is 2.44 bits per heavy atom. The summed E-state index contributed by atoms with van der Waals surface area (Å²) in [5, 5.41) is 10.4. The van der Waals surface area contributed by atoms with Gasteiger partial charge in [0.25, 0.3) is 0 Å². The maximum Gasteiger partial charge on any atom is 0.185 e. The highest BCUT2D eigenvalue weighted by atomic mass is 32.1. The normalized spacial score (nSPS) is 22.9. The van der Waals surface area contributed by atoms with Gasteiger partial charge in [0.1, 0.15) is 0 Å². The molecule has 3 rings (SSSR count). The molecule has 1 N–H and O–H groups in total. The number of anilines is 1. The third-order valence-electron chi connectivity index (χ3n) is 4.78. The van der Waals surface area contributed by atoms with E-state index in [9.17, 15) is 5.11 Å². The number of aliphatic hydroxyl groups is 1. The Morgan fingerprint density at radius 1 is 1.22 bits per heavy atom. The van der Waals surface area contributed by atoms with E-state index < -0.39 is 0 Å². The molecular weight excluding hydrogens is 244 g/mol. The molecule has 1 saturated carbocycles. The second-order valence-corrected chi connectivity index (χ2v) is 6.92. The third kappa shape index (κ3) is 2.16. The summed E-state index contributed by atoms with van der Waals surface area (Å²) in [5.74, 6) is 0. The molecule has 18 heavy (non-hydrogen) atoms. The topological polar surface area (TPSA) is 36.4 Å². The fourth-order valence-electron chi connectivity index (χ4n) is 3.49. The van der Waals surface area contributed by atoms with E-state index in [0.29, 0.717) is 5.41 Å². The lowest BCUT2D eigenvalue weighted by molar-refractivity contribution is 0.226. The maximum absolute atomic E-state index is 9.25. The molecule has 1 saturated heterocycles. The van der Waals surface area contributed by atoms with Crippen LogP contribution in [0.5, 0.6) is 0 Å². The molecule has 0 aromatic carbocycles. The van der Waals surface area contributed by atoms with Crippen LogP contribution in [0, 0.1) is 12.3 Å². The van der Waals surface area contributed by atoms with Crippen LogP contribution >= 0.6 is 11.3 Å². The van der Waals surface area contributed by atoms with Gasteiger partial charge in [0.15, 0.2) is 5.13 Å². The first-order valence-corrected chi connectivity index (χ1v) is 7.86. The maximum atomic E-state index is 9.25. The van der Waals surface area contributed by atoms with Crippen LogP contribution in [-0.2, 0) is 6.61 Å². The molecule has 0 bridgehead atoms. The molecule has 2 aliphatic rings. The first kappa shape index (κ1) is 12.4. The zero-order valence-electron chi connectivity index (χ0n) is 11.1. The van der Waals surface area contributed by atoms with E-state index in [1.165, 1.54) is 38.5 Å². The lowest BCUT2D eigenvalue weighted by atomic mass is 9.77. The highest BCUT2D eigenvalue weighted by Gasteiger charge is 2.37. The van der Waals surface area contributed by atoms with Gasteiger partial charge in [-0.15, -0.1) is 0 Å². The molecule has 0 radical (unpaired) electrons. The Labute approximate surface area is 113 Å². The Bertz CT molecular complexity index is 413. The van der Waals surface area contributed by atoms with Crippen molar-refractivity contribution in [2.24, 2.45) is 5.41 Å². The SMILES string of the molecule is Cc1nc(N2CCC3(CCCC3)CC2)sc1CO. The van der Waals surface area contributed by atoms with Gasteiger partial charge < -0.3 is 10.0 Å². The molecule has 4 heteroatoms. The molecule has 1 aliphatic carbocycles. The number of piperidine rings is 1. The van der Waals surface area contributed by atoms with Crippen LogP contribution < -0.4 is 4.90 Å². The molecule has 1 aromatic heterocycles. The minimum absolute atomic E-state index is 0.126. The molecular formula is C14H22N2OS. The van der Waals surface area contributed by atoms with Crippen LogP contribution in [0.3, 0.4) is 0 Å². The number of hydrogen-bond donors (Lipinski definition) is 1. The summed E-state index contributed by atoms with van der Waals surface area (Å²) in [6.45, 7) is 4.42. The zero-order chi connectivity index (χ0) is 12.6. The fraction of sp³-hybridized carbons (Fsp3) is 0.786. The van der Waals surface area contributed by atoms with Crippen LogP contribution in [0.2, 0.25) is 0 Å². The van der Waals surface area contributed by atoms with E-state index in [1.807, 2.05) is 6.92 Å². The van der Waals surface area contributed by atoms with Crippen molar-refractivity contribution < 1.29 is 5.11 Å². The van der Waals surface area contributed by atoms with Crippen molar-refractivity contribution in [3.63, 3.8) is 0 Å². The smallest absolute Gasteiger partial charge is 0.185 e. The number of aliphatic hydroxyl groups excluding tert-OH is 1. The van der Waals surface area contributed by atoms with Crippen LogP contribution in [0.25, 0.3) is 0 Å². The standard InChI is InChI=1S/C14H22N2OS/c1-11-12(10-17)18-13(15-11)16-8-6-14(7-9-16)4-2-3-5-14/h17H,2-10H2,1H3. The van der Waals surface area contributed by atoms with E-state index >= 15 is 0 Å². The Balaban J connectivity index is 1.68. The molecule has 0 unspecified atom stereocenters. The fourth-order valence-corrected chi connectivity index (χ4v) is 4.46. The van der Waals surface area contributed by atoms with E-state index in [4.69, 9.17) is 0 Å². The second-order valence-electron chi connectivity index (χ2n) is 5.86. The van der Waals surface area contributed by atoms with Crippen molar-refractivity contribution in [2.45, 2.75) is 52.1 Å². The average Bonchev–Trinajstić information content (AvgIpc) is 2.98. The van der Waals surface area contributed by atoms with Gasteiger partial charge in [0, 0.05) is 13.1 Å². The van der Waals surface area contributed by atoms with Crippen LogP contribution in [0.4, 0.5) is 5.13 Å². The second kappa shape index (κ2) is 4.82.